The maximum atomic E-state index is 13.5. The van der Waals surface area contributed by atoms with Gasteiger partial charge in [0.05, 0.1) is 6.04 Å². The van der Waals surface area contributed by atoms with Crippen LogP contribution in [0.15, 0.2) is 46.8 Å². The number of nitrogens with one attached hydrogen (secondary N) is 2. The van der Waals surface area contributed by atoms with Gasteiger partial charge in [0.15, 0.2) is 5.96 Å². The first-order valence-electron chi connectivity index (χ1n) is 8.41. The Morgan fingerprint density at radius 2 is 1.96 bits per heavy atom. The van der Waals surface area contributed by atoms with Crippen LogP contribution in [0.25, 0.3) is 0 Å². The molecule has 0 aliphatic heterocycles. The van der Waals surface area contributed by atoms with E-state index in [-0.39, 0.29) is 11.9 Å². The summed E-state index contributed by atoms with van der Waals surface area (Å²) in [5, 5.41) is 8.81. The van der Waals surface area contributed by atoms with E-state index < -0.39 is 0 Å². The van der Waals surface area contributed by atoms with Gasteiger partial charge in [0.1, 0.15) is 5.82 Å². The average Bonchev–Trinajstić information content (AvgIpc) is 3.12. The predicted molar refractivity (Wildman–Crippen MR) is 105 cm³/mol. The van der Waals surface area contributed by atoms with Crippen molar-refractivity contribution < 1.29 is 4.39 Å². The molecular formula is C19H27FN4S. The summed E-state index contributed by atoms with van der Waals surface area (Å²) in [6.07, 6.45) is 0. The van der Waals surface area contributed by atoms with E-state index >= 15 is 0 Å². The van der Waals surface area contributed by atoms with Gasteiger partial charge >= 0.3 is 0 Å². The van der Waals surface area contributed by atoms with Gasteiger partial charge in [0, 0.05) is 30.9 Å². The maximum absolute atomic E-state index is 13.5. The lowest BCUT2D eigenvalue weighted by Gasteiger charge is -2.26. The van der Waals surface area contributed by atoms with E-state index in [1.54, 1.807) is 30.5 Å². The molecule has 0 saturated heterocycles. The lowest BCUT2D eigenvalue weighted by molar-refractivity contribution is 0.297. The zero-order valence-electron chi connectivity index (χ0n) is 15.3. The molecule has 136 valence electrons. The minimum atomic E-state index is -0.211. The Bertz CT molecular complexity index is 670. The van der Waals surface area contributed by atoms with Crippen LogP contribution in [0, 0.1) is 5.82 Å². The number of rotatable bonds is 7. The summed E-state index contributed by atoms with van der Waals surface area (Å²) in [6.45, 7) is 3.65. The second-order valence-electron chi connectivity index (χ2n) is 6.28. The van der Waals surface area contributed by atoms with E-state index in [2.05, 4.69) is 45.0 Å². The van der Waals surface area contributed by atoms with Crippen molar-refractivity contribution in [1.29, 1.82) is 0 Å². The highest BCUT2D eigenvalue weighted by atomic mass is 32.1. The standard InChI is InChI=1S/C19H27FN4S/c1-14(18-9-6-10-25-18)12-22-19(21-2)23-13-17(24(3)4)15-7-5-8-16(20)11-15/h5-11,14,17H,12-13H2,1-4H3,(H2,21,22,23). The zero-order chi connectivity index (χ0) is 18.2. The minimum Gasteiger partial charge on any atom is -0.356 e. The van der Waals surface area contributed by atoms with Gasteiger partial charge in [0.25, 0.3) is 0 Å². The van der Waals surface area contributed by atoms with E-state index in [1.165, 1.54) is 10.9 Å². The monoisotopic (exact) mass is 362 g/mol. The number of hydrogen-bond acceptors (Lipinski definition) is 3. The molecule has 0 spiro atoms. The van der Waals surface area contributed by atoms with Crippen molar-refractivity contribution in [2.75, 3.05) is 34.2 Å². The van der Waals surface area contributed by atoms with Crippen molar-refractivity contribution in [1.82, 2.24) is 15.5 Å². The third-order valence-electron chi connectivity index (χ3n) is 4.15. The summed E-state index contributed by atoms with van der Waals surface area (Å²) in [5.41, 5.74) is 0.944. The third-order valence-corrected chi connectivity index (χ3v) is 5.25. The van der Waals surface area contributed by atoms with E-state index in [1.807, 2.05) is 20.2 Å². The zero-order valence-corrected chi connectivity index (χ0v) is 16.1. The summed E-state index contributed by atoms with van der Waals surface area (Å²) >= 11 is 1.77. The van der Waals surface area contributed by atoms with E-state index in [9.17, 15) is 4.39 Å². The number of guanidine groups is 1. The molecule has 0 bridgehead atoms. The summed E-state index contributed by atoms with van der Waals surface area (Å²) in [5.74, 6) is 0.967. The van der Waals surface area contributed by atoms with Crippen LogP contribution in [0.4, 0.5) is 4.39 Å². The van der Waals surface area contributed by atoms with Crippen LogP contribution in [-0.4, -0.2) is 45.1 Å². The molecule has 2 N–H and O–H groups in total. The van der Waals surface area contributed by atoms with Crippen LogP contribution in [0.1, 0.15) is 29.3 Å². The first kappa shape index (κ1) is 19.4. The van der Waals surface area contributed by atoms with E-state index in [0.29, 0.717) is 12.5 Å². The van der Waals surface area contributed by atoms with Crippen LogP contribution >= 0.6 is 11.3 Å². The van der Waals surface area contributed by atoms with Crippen molar-refractivity contribution in [3.8, 4) is 0 Å². The first-order valence-corrected chi connectivity index (χ1v) is 9.29. The molecule has 1 aromatic carbocycles. The number of thiophene rings is 1. The summed E-state index contributed by atoms with van der Waals surface area (Å²) in [4.78, 5) is 7.72. The number of halogens is 1. The van der Waals surface area contributed by atoms with Gasteiger partial charge in [-0.2, -0.15) is 0 Å². The maximum Gasteiger partial charge on any atom is 0.191 e. The van der Waals surface area contributed by atoms with Crippen molar-refractivity contribution in [2.24, 2.45) is 4.99 Å². The molecule has 0 fully saturated rings. The molecule has 4 nitrogen and oxygen atoms in total. The molecule has 2 aromatic rings. The summed E-state index contributed by atoms with van der Waals surface area (Å²) in [7, 11) is 5.75. The van der Waals surface area contributed by atoms with Gasteiger partial charge in [-0.25, -0.2) is 4.39 Å². The lowest BCUT2D eigenvalue weighted by Crippen LogP contribution is -2.42. The van der Waals surface area contributed by atoms with Gasteiger partial charge in [-0.3, -0.25) is 4.99 Å². The van der Waals surface area contributed by atoms with Crippen molar-refractivity contribution in [3.05, 3.63) is 58.0 Å². The van der Waals surface area contributed by atoms with Crippen LogP contribution in [0.5, 0.6) is 0 Å². The molecular weight excluding hydrogens is 335 g/mol. The van der Waals surface area contributed by atoms with Crippen molar-refractivity contribution in [2.45, 2.75) is 18.9 Å². The number of likely N-dealkylation sites (N-methyl/N-ethyl adjacent to an activating group) is 1. The van der Waals surface area contributed by atoms with Gasteiger partial charge in [-0.15, -0.1) is 11.3 Å². The molecule has 0 aliphatic carbocycles. The molecule has 0 amide bonds. The quantitative estimate of drug-likeness (QED) is 0.585. The first-order chi connectivity index (χ1) is 12.0. The van der Waals surface area contributed by atoms with Gasteiger partial charge in [-0.05, 0) is 43.2 Å². The Hall–Kier alpha value is -1.92. The fraction of sp³-hybridized carbons (Fsp3) is 0.421. The molecule has 2 atom stereocenters. The highest BCUT2D eigenvalue weighted by Gasteiger charge is 2.15. The molecule has 0 saturated carbocycles. The molecule has 6 heteroatoms. The highest BCUT2D eigenvalue weighted by Crippen LogP contribution is 2.20. The van der Waals surface area contributed by atoms with Gasteiger partial charge < -0.3 is 15.5 Å². The second-order valence-corrected chi connectivity index (χ2v) is 7.26. The largest absolute Gasteiger partial charge is 0.356 e. The Kier molecular flexibility index (Phi) is 7.40. The SMILES string of the molecule is CN=C(NCC(C)c1cccs1)NCC(c1cccc(F)c1)N(C)C. The summed E-state index contributed by atoms with van der Waals surface area (Å²) < 4.78 is 13.5. The van der Waals surface area contributed by atoms with Crippen LogP contribution in [0.3, 0.4) is 0 Å². The van der Waals surface area contributed by atoms with Crippen molar-refractivity contribution >= 4 is 17.3 Å². The van der Waals surface area contributed by atoms with Gasteiger partial charge in [0.2, 0.25) is 0 Å². The molecule has 1 aromatic heterocycles. The fourth-order valence-electron chi connectivity index (χ4n) is 2.65. The van der Waals surface area contributed by atoms with Crippen molar-refractivity contribution in [3.63, 3.8) is 0 Å². The lowest BCUT2D eigenvalue weighted by atomic mass is 10.1. The van der Waals surface area contributed by atoms with Crippen LogP contribution < -0.4 is 10.6 Å². The summed E-state index contributed by atoms with van der Waals surface area (Å²) in [6, 6.07) is 11.0. The predicted octanol–water partition coefficient (Wildman–Crippen LogP) is 3.46. The van der Waals surface area contributed by atoms with E-state index in [0.717, 1.165) is 18.1 Å². The Balaban J connectivity index is 1.91. The number of hydrogen-bond donors (Lipinski definition) is 2. The Labute approximate surface area is 153 Å². The van der Waals surface area contributed by atoms with Crippen LogP contribution in [-0.2, 0) is 0 Å². The Morgan fingerprint density at radius 1 is 1.20 bits per heavy atom. The second kappa shape index (κ2) is 9.53. The fourth-order valence-corrected chi connectivity index (χ4v) is 3.44. The average molecular weight is 363 g/mol. The third kappa shape index (κ3) is 5.83. The number of nitrogens with zero attached hydrogens (tertiary/aromatic N) is 2. The molecule has 0 aliphatic rings. The highest BCUT2D eigenvalue weighted by molar-refractivity contribution is 7.10. The molecule has 1 heterocycles. The molecule has 0 radical (unpaired) electrons. The number of aliphatic imine (C=N–C) groups is 1. The normalized spacial score (nSPS) is 14.4. The molecule has 2 unspecified atom stereocenters. The minimum absolute atomic E-state index is 0.0592. The van der Waals surface area contributed by atoms with E-state index in [4.69, 9.17) is 0 Å². The topological polar surface area (TPSA) is 39.7 Å². The molecule has 25 heavy (non-hydrogen) atoms. The number of benzene rings is 1. The van der Waals surface area contributed by atoms with Gasteiger partial charge in [-0.1, -0.05) is 25.1 Å². The smallest absolute Gasteiger partial charge is 0.191 e. The molecule has 2 rings (SSSR count). The van der Waals surface area contributed by atoms with Crippen LogP contribution in [0.2, 0.25) is 0 Å². The Morgan fingerprint density at radius 3 is 2.56 bits per heavy atom.